The molecule has 104 valence electrons. The zero-order valence-corrected chi connectivity index (χ0v) is 12.2. The van der Waals surface area contributed by atoms with Gasteiger partial charge in [0, 0.05) is 24.0 Å². The van der Waals surface area contributed by atoms with E-state index in [0.29, 0.717) is 5.56 Å². The lowest BCUT2D eigenvalue weighted by molar-refractivity contribution is 0.0939. The smallest absolute Gasteiger partial charge is 0.253 e. The molecule has 0 aliphatic carbocycles. The molecule has 1 N–H and O–H groups in total. The van der Waals surface area contributed by atoms with Gasteiger partial charge in [0.15, 0.2) is 0 Å². The fourth-order valence-corrected chi connectivity index (χ4v) is 1.88. The quantitative estimate of drug-likeness (QED) is 0.920. The molecule has 2 aromatic rings. The summed E-state index contributed by atoms with van der Waals surface area (Å²) in [5, 5.41) is 2.95. The zero-order valence-electron chi connectivity index (χ0n) is 12.2. The molecule has 3 heteroatoms. The zero-order chi connectivity index (χ0) is 14.5. The standard InChI is InChI=1S/C17H20N2O/c1-4-13(3)19-17(20)16-9-15(10-18-11-16)14-7-5-12(2)6-8-14/h5-11,13H,4H2,1-3H3,(H,19,20). The van der Waals surface area contributed by atoms with Crippen molar-refractivity contribution in [1.82, 2.24) is 10.3 Å². The van der Waals surface area contributed by atoms with Crippen LogP contribution in [0.25, 0.3) is 11.1 Å². The first-order chi connectivity index (χ1) is 9.60. The monoisotopic (exact) mass is 268 g/mol. The van der Waals surface area contributed by atoms with Crippen molar-refractivity contribution in [2.45, 2.75) is 33.2 Å². The first-order valence-corrected chi connectivity index (χ1v) is 6.93. The number of hydrogen-bond donors (Lipinski definition) is 1. The highest BCUT2D eigenvalue weighted by Crippen LogP contribution is 2.19. The van der Waals surface area contributed by atoms with Gasteiger partial charge in [0.05, 0.1) is 5.56 Å². The second-order valence-electron chi connectivity index (χ2n) is 5.11. The van der Waals surface area contributed by atoms with Crippen LogP contribution in [-0.4, -0.2) is 16.9 Å². The number of carbonyl (C=O) groups excluding carboxylic acids is 1. The molecule has 0 bridgehead atoms. The van der Waals surface area contributed by atoms with Crippen molar-refractivity contribution in [3.8, 4) is 11.1 Å². The maximum absolute atomic E-state index is 12.1. The van der Waals surface area contributed by atoms with Gasteiger partial charge in [-0.05, 0) is 31.9 Å². The number of hydrogen-bond acceptors (Lipinski definition) is 2. The van der Waals surface area contributed by atoms with Gasteiger partial charge in [0.2, 0.25) is 0 Å². The summed E-state index contributed by atoms with van der Waals surface area (Å²) >= 11 is 0. The number of amides is 1. The van der Waals surface area contributed by atoms with Crippen LogP contribution >= 0.6 is 0 Å². The minimum Gasteiger partial charge on any atom is -0.350 e. The Morgan fingerprint density at radius 1 is 1.20 bits per heavy atom. The highest BCUT2D eigenvalue weighted by molar-refractivity contribution is 5.95. The van der Waals surface area contributed by atoms with Gasteiger partial charge in [-0.25, -0.2) is 0 Å². The summed E-state index contributed by atoms with van der Waals surface area (Å²) in [6.45, 7) is 6.10. The molecule has 2 rings (SSSR count). The van der Waals surface area contributed by atoms with Gasteiger partial charge in [0.1, 0.15) is 0 Å². The largest absolute Gasteiger partial charge is 0.350 e. The van der Waals surface area contributed by atoms with Gasteiger partial charge in [0.25, 0.3) is 5.91 Å². The van der Waals surface area contributed by atoms with Gasteiger partial charge >= 0.3 is 0 Å². The Bertz CT molecular complexity index is 590. The van der Waals surface area contributed by atoms with E-state index >= 15 is 0 Å². The van der Waals surface area contributed by atoms with Crippen LogP contribution in [-0.2, 0) is 0 Å². The second-order valence-corrected chi connectivity index (χ2v) is 5.11. The minimum absolute atomic E-state index is 0.0687. The number of pyridine rings is 1. The first-order valence-electron chi connectivity index (χ1n) is 6.93. The van der Waals surface area contributed by atoms with E-state index in [2.05, 4.69) is 29.4 Å². The molecular weight excluding hydrogens is 248 g/mol. The van der Waals surface area contributed by atoms with E-state index in [0.717, 1.165) is 17.5 Å². The number of rotatable bonds is 4. The molecule has 0 saturated heterocycles. The fourth-order valence-electron chi connectivity index (χ4n) is 1.88. The van der Waals surface area contributed by atoms with Crippen LogP contribution in [0.4, 0.5) is 0 Å². The number of carbonyl (C=O) groups is 1. The Morgan fingerprint density at radius 3 is 2.55 bits per heavy atom. The van der Waals surface area contributed by atoms with Crippen LogP contribution in [0.3, 0.4) is 0 Å². The second kappa shape index (κ2) is 6.33. The molecule has 0 saturated carbocycles. The van der Waals surface area contributed by atoms with Crippen molar-refractivity contribution in [1.29, 1.82) is 0 Å². The lowest BCUT2D eigenvalue weighted by Gasteiger charge is -2.11. The number of benzene rings is 1. The highest BCUT2D eigenvalue weighted by atomic mass is 16.1. The molecule has 1 heterocycles. The number of nitrogens with one attached hydrogen (secondary N) is 1. The predicted molar refractivity (Wildman–Crippen MR) is 81.6 cm³/mol. The first kappa shape index (κ1) is 14.3. The van der Waals surface area contributed by atoms with E-state index in [1.807, 2.05) is 32.0 Å². The van der Waals surface area contributed by atoms with Gasteiger partial charge in [-0.1, -0.05) is 36.8 Å². The summed E-state index contributed by atoms with van der Waals surface area (Å²) in [5.74, 6) is -0.0687. The molecule has 1 unspecified atom stereocenters. The Kier molecular flexibility index (Phi) is 4.51. The Labute approximate surface area is 120 Å². The third-order valence-electron chi connectivity index (χ3n) is 3.38. The number of aromatic nitrogens is 1. The van der Waals surface area contributed by atoms with Crippen LogP contribution in [0.1, 0.15) is 36.2 Å². The molecule has 0 spiro atoms. The molecule has 20 heavy (non-hydrogen) atoms. The molecule has 3 nitrogen and oxygen atoms in total. The number of nitrogens with zero attached hydrogens (tertiary/aromatic N) is 1. The molecule has 1 amide bonds. The summed E-state index contributed by atoms with van der Waals surface area (Å²) in [6.07, 6.45) is 4.30. The lowest BCUT2D eigenvalue weighted by atomic mass is 10.0. The van der Waals surface area contributed by atoms with Crippen molar-refractivity contribution in [2.24, 2.45) is 0 Å². The van der Waals surface area contributed by atoms with E-state index in [-0.39, 0.29) is 11.9 Å². The van der Waals surface area contributed by atoms with Crippen molar-refractivity contribution in [2.75, 3.05) is 0 Å². The fraction of sp³-hybridized carbons (Fsp3) is 0.294. The summed E-state index contributed by atoms with van der Waals surface area (Å²) in [6, 6.07) is 10.3. The molecule has 1 atom stereocenters. The van der Waals surface area contributed by atoms with Gasteiger partial charge in [-0.15, -0.1) is 0 Å². The lowest BCUT2D eigenvalue weighted by Crippen LogP contribution is -2.31. The summed E-state index contributed by atoms with van der Waals surface area (Å²) in [4.78, 5) is 16.3. The van der Waals surface area contributed by atoms with Gasteiger partial charge < -0.3 is 5.32 Å². The molecule has 0 fully saturated rings. The van der Waals surface area contributed by atoms with Crippen LogP contribution in [0.5, 0.6) is 0 Å². The summed E-state index contributed by atoms with van der Waals surface area (Å²) in [7, 11) is 0. The van der Waals surface area contributed by atoms with Crippen molar-refractivity contribution in [3.63, 3.8) is 0 Å². The molecular formula is C17H20N2O. The van der Waals surface area contributed by atoms with E-state index in [4.69, 9.17) is 0 Å². The molecule has 1 aromatic heterocycles. The normalized spacial score (nSPS) is 11.9. The summed E-state index contributed by atoms with van der Waals surface area (Å²) in [5.41, 5.74) is 3.85. The Morgan fingerprint density at radius 2 is 1.90 bits per heavy atom. The van der Waals surface area contributed by atoms with Gasteiger partial charge in [-0.2, -0.15) is 0 Å². The van der Waals surface area contributed by atoms with E-state index in [9.17, 15) is 4.79 Å². The molecule has 1 aromatic carbocycles. The Balaban J connectivity index is 2.23. The molecule has 0 aliphatic rings. The van der Waals surface area contributed by atoms with Crippen LogP contribution in [0.15, 0.2) is 42.7 Å². The highest BCUT2D eigenvalue weighted by Gasteiger charge is 2.10. The maximum Gasteiger partial charge on any atom is 0.253 e. The van der Waals surface area contributed by atoms with E-state index in [1.165, 1.54) is 5.56 Å². The van der Waals surface area contributed by atoms with Crippen molar-refractivity contribution >= 4 is 5.91 Å². The van der Waals surface area contributed by atoms with Crippen LogP contribution in [0.2, 0.25) is 0 Å². The predicted octanol–water partition coefficient (Wildman–Crippen LogP) is 3.59. The number of aryl methyl sites for hydroxylation is 1. The topological polar surface area (TPSA) is 42.0 Å². The van der Waals surface area contributed by atoms with Crippen molar-refractivity contribution < 1.29 is 4.79 Å². The maximum atomic E-state index is 12.1. The SMILES string of the molecule is CCC(C)NC(=O)c1cncc(-c2ccc(C)cc2)c1. The van der Waals surface area contributed by atoms with Crippen molar-refractivity contribution in [3.05, 3.63) is 53.9 Å². The molecule has 0 radical (unpaired) electrons. The Hall–Kier alpha value is -2.16. The van der Waals surface area contributed by atoms with Crippen LogP contribution in [0, 0.1) is 6.92 Å². The third-order valence-corrected chi connectivity index (χ3v) is 3.38. The van der Waals surface area contributed by atoms with E-state index < -0.39 is 0 Å². The average Bonchev–Trinajstić information content (AvgIpc) is 2.48. The minimum atomic E-state index is -0.0687. The average molecular weight is 268 g/mol. The van der Waals surface area contributed by atoms with Gasteiger partial charge in [-0.3, -0.25) is 9.78 Å². The van der Waals surface area contributed by atoms with Crippen LogP contribution < -0.4 is 5.32 Å². The summed E-state index contributed by atoms with van der Waals surface area (Å²) < 4.78 is 0. The third kappa shape index (κ3) is 3.44. The molecule has 0 aliphatic heterocycles. The van der Waals surface area contributed by atoms with E-state index in [1.54, 1.807) is 12.4 Å².